The minimum Gasteiger partial charge on any atom is -0.480 e. The highest BCUT2D eigenvalue weighted by atomic mass is 16.4. The Labute approximate surface area is 126 Å². The first-order valence-corrected chi connectivity index (χ1v) is 7.41. The van der Waals surface area contributed by atoms with Gasteiger partial charge in [-0.1, -0.05) is 57.5 Å². The number of carbonyl (C=O) groups excluding carboxylic acids is 1. The number of carboxylic acids is 1. The lowest BCUT2D eigenvalue weighted by Gasteiger charge is -2.29. The van der Waals surface area contributed by atoms with E-state index in [2.05, 4.69) is 0 Å². The molecular weight excluding hydrogens is 266 g/mol. The number of carbonyl (C=O) groups is 2. The minimum absolute atomic E-state index is 0.104. The summed E-state index contributed by atoms with van der Waals surface area (Å²) in [6.45, 7) is 5.92. The molecule has 0 saturated heterocycles. The second-order valence-corrected chi connectivity index (χ2v) is 5.67. The molecule has 1 amide bonds. The summed E-state index contributed by atoms with van der Waals surface area (Å²) < 4.78 is 0. The molecule has 3 unspecified atom stereocenters. The number of nitrogens with zero attached hydrogens (tertiary/aromatic N) is 1. The fourth-order valence-electron chi connectivity index (χ4n) is 2.30. The van der Waals surface area contributed by atoms with Crippen molar-refractivity contribution in [2.45, 2.75) is 39.7 Å². The molecule has 1 rings (SSSR count). The largest absolute Gasteiger partial charge is 0.480 e. The van der Waals surface area contributed by atoms with Crippen LogP contribution in [-0.2, 0) is 16.0 Å². The molecule has 1 N–H and O–H groups in total. The molecule has 0 aliphatic rings. The molecule has 4 heteroatoms. The molecule has 0 heterocycles. The fourth-order valence-corrected chi connectivity index (χ4v) is 2.30. The summed E-state index contributed by atoms with van der Waals surface area (Å²) in [6.07, 6.45) is 1.23. The lowest BCUT2D eigenvalue weighted by Crippen LogP contribution is -2.46. The molecule has 0 aliphatic carbocycles. The Hall–Kier alpha value is -1.84. The van der Waals surface area contributed by atoms with Crippen LogP contribution in [0.15, 0.2) is 30.3 Å². The summed E-state index contributed by atoms with van der Waals surface area (Å²) in [5, 5.41) is 9.44. The molecule has 1 aromatic carbocycles. The maximum atomic E-state index is 12.4. The van der Waals surface area contributed by atoms with Crippen molar-refractivity contribution in [3.8, 4) is 0 Å². The lowest BCUT2D eigenvalue weighted by atomic mass is 9.91. The smallest absolute Gasteiger partial charge is 0.326 e. The van der Waals surface area contributed by atoms with Gasteiger partial charge in [-0.15, -0.1) is 0 Å². The molecule has 0 radical (unpaired) electrons. The molecule has 21 heavy (non-hydrogen) atoms. The first kappa shape index (κ1) is 17.2. The number of amides is 1. The van der Waals surface area contributed by atoms with Gasteiger partial charge in [0.1, 0.15) is 6.04 Å². The summed E-state index contributed by atoms with van der Waals surface area (Å²) >= 11 is 0. The zero-order chi connectivity index (χ0) is 16.0. The summed E-state index contributed by atoms with van der Waals surface area (Å²) in [7, 11) is 1.59. The highest BCUT2D eigenvalue weighted by Gasteiger charge is 2.31. The maximum Gasteiger partial charge on any atom is 0.326 e. The van der Waals surface area contributed by atoms with E-state index in [-0.39, 0.29) is 17.7 Å². The highest BCUT2D eigenvalue weighted by molar-refractivity contribution is 5.85. The van der Waals surface area contributed by atoms with Gasteiger partial charge in [-0.3, -0.25) is 4.79 Å². The first-order chi connectivity index (χ1) is 9.88. The summed E-state index contributed by atoms with van der Waals surface area (Å²) in [4.78, 5) is 25.3. The first-order valence-electron chi connectivity index (χ1n) is 7.41. The Balaban J connectivity index is 2.85. The van der Waals surface area contributed by atoms with Crippen molar-refractivity contribution in [3.63, 3.8) is 0 Å². The summed E-state index contributed by atoms with van der Waals surface area (Å²) in [5.41, 5.74) is 0.917. The van der Waals surface area contributed by atoms with Gasteiger partial charge in [0, 0.05) is 19.4 Å². The number of rotatable bonds is 7. The number of benzene rings is 1. The molecule has 0 bridgehead atoms. The number of aliphatic carboxylic acids is 1. The van der Waals surface area contributed by atoms with Gasteiger partial charge in [0.15, 0.2) is 0 Å². The van der Waals surface area contributed by atoms with E-state index in [4.69, 9.17) is 0 Å². The lowest BCUT2D eigenvalue weighted by molar-refractivity contribution is -0.151. The molecule has 3 atom stereocenters. The Bertz CT molecular complexity index is 472. The second kappa shape index (κ2) is 7.81. The molecule has 0 fully saturated rings. The summed E-state index contributed by atoms with van der Waals surface area (Å²) in [6, 6.07) is 8.57. The van der Waals surface area contributed by atoms with Gasteiger partial charge < -0.3 is 10.0 Å². The van der Waals surface area contributed by atoms with Crippen molar-refractivity contribution in [2.24, 2.45) is 11.8 Å². The van der Waals surface area contributed by atoms with E-state index >= 15 is 0 Å². The van der Waals surface area contributed by atoms with Gasteiger partial charge in [0.2, 0.25) is 5.91 Å². The quantitative estimate of drug-likeness (QED) is 0.840. The SMILES string of the molecule is CCC(C)C(C)C(=O)N(C)C(Cc1ccccc1)C(=O)O. The van der Waals surface area contributed by atoms with Crippen molar-refractivity contribution in [1.82, 2.24) is 4.90 Å². The van der Waals surface area contributed by atoms with Gasteiger partial charge in [-0.25, -0.2) is 4.79 Å². The van der Waals surface area contributed by atoms with Crippen molar-refractivity contribution in [1.29, 1.82) is 0 Å². The third-order valence-corrected chi connectivity index (χ3v) is 4.26. The van der Waals surface area contributed by atoms with E-state index in [1.165, 1.54) is 4.90 Å². The van der Waals surface area contributed by atoms with E-state index in [9.17, 15) is 14.7 Å². The normalized spacial score (nSPS) is 15.0. The summed E-state index contributed by atoms with van der Waals surface area (Å²) in [5.74, 6) is -0.998. The van der Waals surface area contributed by atoms with Crippen LogP contribution in [0.25, 0.3) is 0 Å². The van der Waals surface area contributed by atoms with E-state index in [0.717, 1.165) is 12.0 Å². The Morgan fingerprint density at radius 3 is 2.24 bits per heavy atom. The van der Waals surface area contributed by atoms with Crippen LogP contribution in [0.5, 0.6) is 0 Å². The Morgan fingerprint density at radius 2 is 1.76 bits per heavy atom. The van der Waals surface area contributed by atoms with Crippen LogP contribution in [0.2, 0.25) is 0 Å². The zero-order valence-corrected chi connectivity index (χ0v) is 13.2. The van der Waals surface area contributed by atoms with Gasteiger partial charge in [0.25, 0.3) is 0 Å². The molecule has 116 valence electrons. The zero-order valence-electron chi connectivity index (χ0n) is 13.2. The second-order valence-electron chi connectivity index (χ2n) is 5.67. The number of carboxylic acid groups (broad SMARTS) is 1. The van der Waals surface area contributed by atoms with Gasteiger partial charge in [-0.2, -0.15) is 0 Å². The topological polar surface area (TPSA) is 57.6 Å². The van der Waals surface area contributed by atoms with Gasteiger partial charge >= 0.3 is 5.97 Å². The van der Waals surface area contributed by atoms with E-state index < -0.39 is 12.0 Å². The number of likely N-dealkylation sites (N-methyl/N-ethyl adjacent to an activating group) is 1. The van der Waals surface area contributed by atoms with Crippen LogP contribution in [0.3, 0.4) is 0 Å². The highest BCUT2D eigenvalue weighted by Crippen LogP contribution is 2.19. The average molecular weight is 291 g/mol. The molecule has 0 aromatic heterocycles. The predicted molar refractivity (Wildman–Crippen MR) is 83.0 cm³/mol. The van der Waals surface area contributed by atoms with Crippen LogP contribution in [0, 0.1) is 11.8 Å². The van der Waals surface area contributed by atoms with E-state index in [1.54, 1.807) is 7.05 Å². The molecule has 1 aromatic rings. The Morgan fingerprint density at radius 1 is 1.19 bits per heavy atom. The van der Waals surface area contributed by atoms with Crippen LogP contribution >= 0.6 is 0 Å². The predicted octanol–water partition coefficient (Wildman–Crippen LogP) is 2.82. The van der Waals surface area contributed by atoms with E-state index in [1.807, 2.05) is 51.1 Å². The van der Waals surface area contributed by atoms with Crippen molar-refractivity contribution < 1.29 is 14.7 Å². The maximum absolute atomic E-state index is 12.4. The van der Waals surface area contributed by atoms with Crippen LogP contribution in [0.1, 0.15) is 32.8 Å². The number of hydrogen-bond donors (Lipinski definition) is 1. The van der Waals surface area contributed by atoms with Crippen LogP contribution in [-0.4, -0.2) is 35.0 Å². The molecule has 0 aliphatic heterocycles. The van der Waals surface area contributed by atoms with E-state index in [0.29, 0.717) is 6.42 Å². The molecule has 0 saturated carbocycles. The van der Waals surface area contributed by atoms with Gasteiger partial charge in [-0.05, 0) is 11.5 Å². The average Bonchev–Trinajstić information content (AvgIpc) is 2.50. The third kappa shape index (κ3) is 4.59. The van der Waals surface area contributed by atoms with Crippen molar-refractivity contribution >= 4 is 11.9 Å². The van der Waals surface area contributed by atoms with Crippen LogP contribution in [0.4, 0.5) is 0 Å². The van der Waals surface area contributed by atoms with Gasteiger partial charge in [0.05, 0.1) is 0 Å². The minimum atomic E-state index is -0.967. The third-order valence-electron chi connectivity index (χ3n) is 4.26. The monoisotopic (exact) mass is 291 g/mol. The number of hydrogen-bond acceptors (Lipinski definition) is 2. The molecule has 0 spiro atoms. The fraction of sp³-hybridized carbons (Fsp3) is 0.529. The van der Waals surface area contributed by atoms with Crippen molar-refractivity contribution in [3.05, 3.63) is 35.9 Å². The molecular formula is C17H25NO3. The molecule has 4 nitrogen and oxygen atoms in total. The standard InChI is InChI=1S/C17H25NO3/c1-5-12(2)13(3)16(19)18(4)15(17(20)21)11-14-9-7-6-8-10-14/h6-10,12-13,15H,5,11H2,1-4H3,(H,20,21). The Kier molecular flexibility index (Phi) is 6.40. The van der Waals surface area contributed by atoms with Crippen molar-refractivity contribution in [2.75, 3.05) is 7.05 Å². The van der Waals surface area contributed by atoms with Crippen LogP contribution < -0.4 is 0 Å².